The summed E-state index contributed by atoms with van der Waals surface area (Å²) >= 11 is 0. The lowest BCUT2D eigenvalue weighted by molar-refractivity contribution is 0.0753. The van der Waals surface area contributed by atoms with Crippen LogP contribution < -0.4 is 0 Å². The lowest BCUT2D eigenvalue weighted by atomic mass is 9.58. The quantitative estimate of drug-likeness (QED) is 0.512. The molecule has 0 amide bonds. The minimum absolute atomic E-state index is 0.687. The molecule has 4 atom stereocenters. The Kier molecular flexibility index (Phi) is 1.98. The summed E-state index contributed by atoms with van der Waals surface area (Å²) in [6.07, 6.45) is 4.13. The number of hydrogen-bond acceptors (Lipinski definition) is 0. The van der Waals surface area contributed by atoms with E-state index in [1.807, 2.05) is 0 Å². The Balaban J connectivity index is 2.59. The van der Waals surface area contributed by atoms with Crippen LogP contribution in [0, 0.1) is 23.7 Å². The number of hydrogen-bond donors (Lipinski definition) is 0. The van der Waals surface area contributed by atoms with Crippen molar-refractivity contribution in [2.45, 2.75) is 13.8 Å². The molecule has 0 radical (unpaired) electrons. The lowest BCUT2D eigenvalue weighted by Gasteiger charge is -2.46. The van der Waals surface area contributed by atoms with Crippen molar-refractivity contribution in [1.82, 2.24) is 0 Å². The topological polar surface area (TPSA) is 0 Å². The third kappa shape index (κ3) is 0.828. The van der Waals surface area contributed by atoms with Gasteiger partial charge >= 0.3 is 0 Å². The monoisotopic (exact) mass is 136 g/mol. The molecular weight excluding hydrogens is 120 g/mol. The van der Waals surface area contributed by atoms with E-state index in [2.05, 4.69) is 39.2 Å². The summed E-state index contributed by atoms with van der Waals surface area (Å²) < 4.78 is 0. The van der Waals surface area contributed by atoms with Crippen LogP contribution in [0.25, 0.3) is 0 Å². The van der Waals surface area contributed by atoms with E-state index in [0.29, 0.717) is 11.8 Å². The van der Waals surface area contributed by atoms with Gasteiger partial charge in [-0.2, -0.15) is 0 Å². The van der Waals surface area contributed by atoms with Crippen LogP contribution in [0.15, 0.2) is 25.3 Å². The molecule has 0 heterocycles. The summed E-state index contributed by atoms with van der Waals surface area (Å²) in [6, 6.07) is 0. The Morgan fingerprint density at radius 1 is 0.900 bits per heavy atom. The summed E-state index contributed by atoms with van der Waals surface area (Å²) in [5.74, 6) is 2.99. The first-order valence-electron chi connectivity index (χ1n) is 3.97. The zero-order chi connectivity index (χ0) is 7.72. The highest BCUT2D eigenvalue weighted by Gasteiger charge is 2.40. The molecule has 0 heteroatoms. The maximum atomic E-state index is 3.82. The molecule has 0 N–H and O–H groups in total. The van der Waals surface area contributed by atoms with Crippen LogP contribution in [-0.4, -0.2) is 0 Å². The van der Waals surface area contributed by atoms with Gasteiger partial charge in [0.2, 0.25) is 0 Å². The van der Waals surface area contributed by atoms with Gasteiger partial charge in [-0.3, -0.25) is 0 Å². The highest BCUT2D eigenvalue weighted by molar-refractivity contribution is 5.06. The van der Waals surface area contributed by atoms with Crippen molar-refractivity contribution in [1.29, 1.82) is 0 Å². The smallest absolute Gasteiger partial charge is 0.0142 e. The second-order valence-corrected chi connectivity index (χ2v) is 3.34. The van der Waals surface area contributed by atoms with Crippen molar-refractivity contribution < 1.29 is 0 Å². The molecule has 1 rings (SSSR count). The fourth-order valence-electron chi connectivity index (χ4n) is 2.00. The largest absolute Gasteiger partial charge is 0.103 e. The van der Waals surface area contributed by atoms with E-state index in [9.17, 15) is 0 Å². The molecule has 56 valence electrons. The average molecular weight is 136 g/mol. The maximum absolute atomic E-state index is 3.82. The highest BCUT2D eigenvalue weighted by Crippen LogP contribution is 2.46. The molecule has 0 aromatic carbocycles. The van der Waals surface area contributed by atoms with Gasteiger partial charge in [0.15, 0.2) is 0 Å². The zero-order valence-electron chi connectivity index (χ0n) is 6.88. The number of rotatable bonds is 2. The molecule has 0 nitrogen and oxygen atoms in total. The Bertz CT molecular complexity index is 128. The van der Waals surface area contributed by atoms with Gasteiger partial charge in [0.25, 0.3) is 0 Å². The predicted molar refractivity (Wildman–Crippen MR) is 45.7 cm³/mol. The van der Waals surface area contributed by atoms with E-state index in [4.69, 9.17) is 0 Å². The van der Waals surface area contributed by atoms with Crippen LogP contribution in [0.3, 0.4) is 0 Å². The van der Waals surface area contributed by atoms with Crippen molar-refractivity contribution >= 4 is 0 Å². The molecular formula is C10H16. The van der Waals surface area contributed by atoms with E-state index < -0.39 is 0 Å². The minimum atomic E-state index is 0.687. The van der Waals surface area contributed by atoms with Gasteiger partial charge in [0.05, 0.1) is 0 Å². The molecule has 0 spiro atoms. The zero-order valence-corrected chi connectivity index (χ0v) is 6.88. The first kappa shape index (κ1) is 7.59. The van der Waals surface area contributed by atoms with Crippen LogP contribution in [0.2, 0.25) is 0 Å². The average Bonchev–Trinajstić information content (AvgIpc) is 1.97. The summed E-state index contributed by atoms with van der Waals surface area (Å²) in [6.45, 7) is 12.2. The van der Waals surface area contributed by atoms with E-state index in [0.717, 1.165) is 11.8 Å². The standard InChI is InChI=1S/C10H16/c1-5-9-7(3)8(4)10(9)6-2/h5-10H,1-2H2,3-4H3. The first-order valence-corrected chi connectivity index (χ1v) is 3.97. The van der Waals surface area contributed by atoms with Gasteiger partial charge < -0.3 is 0 Å². The molecule has 10 heavy (non-hydrogen) atoms. The SMILES string of the molecule is C=CC1C(C)C(C)C1C=C. The maximum Gasteiger partial charge on any atom is -0.0142 e. The molecule has 1 saturated carbocycles. The summed E-state index contributed by atoms with van der Waals surface area (Å²) in [5.41, 5.74) is 0. The van der Waals surface area contributed by atoms with Crippen LogP contribution in [-0.2, 0) is 0 Å². The fraction of sp³-hybridized carbons (Fsp3) is 0.600. The third-order valence-electron chi connectivity index (χ3n) is 3.03. The Labute approximate surface area is 63.6 Å². The van der Waals surface area contributed by atoms with E-state index in [1.54, 1.807) is 0 Å². The molecule has 0 aliphatic heterocycles. The van der Waals surface area contributed by atoms with Crippen molar-refractivity contribution in [2.75, 3.05) is 0 Å². The number of allylic oxidation sites excluding steroid dienone is 2. The highest BCUT2D eigenvalue weighted by atomic mass is 14.4. The molecule has 0 aromatic heterocycles. The summed E-state index contributed by atoms with van der Waals surface area (Å²) in [4.78, 5) is 0. The van der Waals surface area contributed by atoms with Gasteiger partial charge in [0, 0.05) is 0 Å². The Hall–Kier alpha value is -0.520. The van der Waals surface area contributed by atoms with Gasteiger partial charge in [-0.25, -0.2) is 0 Å². The van der Waals surface area contributed by atoms with Crippen molar-refractivity contribution in [2.24, 2.45) is 23.7 Å². The molecule has 1 aliphatic rings. The Morgan fingerprint density at radius 2 is 1.20 bits per heavy atom. The van der Waals surface area contributed by atoms with Crippen LogP contribution in [0.1, 0.15) is 13.8 Å². The summed E-state index contributed by atoms with van der Waals surface area (Å²) in [7, 11) is 0. The molecule has 4 unspecified atom stereocenters. The molecule has 0 bridgehead atoms. The fourth-order valence-corrected chi connectivity index (χ4v) is 2.00. The van der Waals surface area contributed by atoms with Gasteiger partial charge in [0.1, 0.15) is 0 Å². The van der Waals surface area contributed by atoms with E-state index in [1.165, 1.54) is 0 Å². The third-order valence-corrected chi connectivity index (χ3v) is 3.03. The molecule has 0 aromatic rings. The molecule has 1 fully saturated rings. The Morgan fingerprint density at radius 3 is 1.40 bits per heavy atom. The normalized spacial score (nSPS) is 45.8. The van der Waals surface area contributed by atoms with Gasteiger partial charge in [-0.1, -0.05) is 26.0 Å². The van der Waals surface area contributed by atoms with Crippen LogP contribution in [0.4, 0.5) is 0 Å². The predicted octanol–water partition coefficient (Wildman–Crippen LogP) is 2.88. The van der Waals surface area contributed by atoms with Gasteiger partial charge in [-0.05, 0) is 23.7 Å². The second kappa shape index (κ2) is 2.61. The second-order valence-electron chi connectivity index (χ2n) is 3.34. The lowest BCUT2D eigenvalue weighted by Crippen LogP contribution is -2.41. The van der Waals surface area contributed by atoms with Crippen molar-refractivity contribution in [3.05, 3.63) is 25.3 Å². The first-order chi connectivity index (χ1) is 4.72. The van der Waals surface area contributed by atoms with E-state index >= 15 is 0 Å². The molecule has 0 saturated heterocycles. The van der Waals surface area contributed by atoms with Crippen LogP contribution >= 0.6 is 0 Å². The molecule has 1 aliphatic carbocycles. The van der Waals surface area contributed by atoms with Gasteiger partial charge in [-0.15, -0.1) is 13.2 Å². The van der Waals surface area contributed by atoms with Crippen molar-refractivity contribution in [3.63, 3.8) is 0 Å². The summed E-state index contributed by atoms with van der Waals surface area (Å²) in [5, 5.41) is 0. The van der Waals surface area contributed by atoms with Crippen LogP contribution in [0.5, 0.6) is 0 Å². The minimum Gasteiger partial charge on any atom is -0.103 e. The van der Waals surface area contributed by atoms with E-state index in [-0.39, 0.29) is 0 Å². The van der Waals surface area contributed by atoms with Crippen molar-refractivity contribution in [3.8, 4) is 0 Å².